The van der Waals surface area contributed by atoms with Crippen LogP contribution in [0.4, 0.5) is 14.9 Å². The number of nitrogens with one attached hydrogen (secondary N) is 1. The Bertz CT molecular complexity index is 853. The molecule has 0 radical (unpaired) electrons. The van der Waals surface area contributed by atoms with E-state index in [-0.39, 0.29) is 12.6 Å². The number of hydrogen-bond donors (Lipinski definition) is 1. The summed E-state index contributed by atoms with van der Waals surface area (Å²) in [6.45, 7) is 1.19. The van der Waals surface area contributed by atoms with Gasteiger partial charge in [0.1, 0.15) is 5.82 Å². The van der Waals surface area contributed by atoms with Gasteiger partial charge in [-0.15, -0.1) is 0 Å². The van der Waals surface area contributed by atoms with Gasteiger partial charge in [0.2, 0.25) is 0 Å². The molecule has 0 unspecified atom stereocenters. The maximum Gasteiger partial charge on any atom is 0.322 e. The number of pyridine rings is 1. The van der Waals surface area contributed by atoms with Crippen molar-refractivity contribution in [3.8, 4) is 0 Å². The molecule has 0 saturated heterocycles. The van der Waals surface area contributed by atoms with Crippen molar-refractivity contribution >= 4 is 23.3 Å². The van der Waals surface area contributed by atoms with Gasteiger partial charge in [-0.1, -0.05) is 17.7 Å². The van der Waals surface area contributed by atoms with Gasteiger partial charge in [0.05, 0.1) is 24.8 Å². The van der Waals surface area contributed by atoms with Gasteiger partial charge in [-0.3, -0.25) is 4.98 Å². The van der Waals surface area contributed by atoms with Crippen molar-refractivity contribution in [3.63, 3.8) is 0 Å². The number of rotatable bonds is 7. The molecule has 0 bridgehead atoms. The number of aryl methyl sites for hydroxylation is 1. The minimum atomic E-state index is -0.434. The number of anilines is 1. The van der Waals surface area contributed by atoms with E-state index < -0.39 is 5.82 Å². The first-order valence-electron chi connectivity index (χ1n) is 8.48. The number of aromatic nitrogens is 3. The molecule has 0 aliphatic heterocycles. The number of halogens is 2. The Hall–Kier alpha value is -2.93. The van der Waals surface area contributed by atoms with Gasteiger partial charge in [0.25, 0.3) is 0 Å². The summed E-state index contributed by atoms with van der Waals surface area (Å²) < 4.78 is 16.1. The van der Waals surface area contributed by atoms with E-state index in [1.54, 1.807) is 49.2 Å². The van der Waals surface area contributed by atoms with Crippen molar-refractivity contribution in [2.75, 3.05) is 11.9 Å². The zero-order valence-corrected chi connectivity index (χ0v) is 15.3. The summed E-state index contributed by atoms with van der Waals surface area (Å²) in [6, 6.07) is 7.62. The highest BCUT2D eigenvalue weighted by Crippen LogP contribution is 2.21. The molecule has 2 aromatic heterocycles. The summed E-state index contributed by atoms with van der Waals surface area (Å²) >= 11 is 6.13. The Morgan fingerprint density at radius 3 is 2.81 bits per heavy atom. The number of amides is 2. The lowest BCUT2D eigenvalue weighted by Gasteiger charge is -2.24. The summed E-state index contributed by atoms with van der Waals surface area (Å²) in [6.07, 6.45) is 9.13. The van der Waals surface area contributed by atoms with Crippen LogP contribution in [0.15, 0.2) is 61.4 Å². The average molecular weight is 388 g/mol. The van der Waals surface area contributed by atoms with Crippen molar-refractivity contribution in [3.05, 3.63) is 77.8 Å². The van der Waals surface area contributed by atoms with Crippen molar-refractivity contribution in [2.24, 2.45) is 0 Å². The molecule has 0 fully saturated rings. The molecule has 0 atom stereocenters. The highest BCUT2D eigenvalue weighted by molar-refractivity contribution is 6.31. The highest BCUT2D eigenvalue weighted by Gasteiger charge is 2.18. The summed E-state index contributed by atoms with van der Waals surface area (Å²) in [4.78, 5) is 22.2. The second-order valence-electron chi connectivity index (χ2n) is 5.95. The first-order valence-corrected chi connectivity index (χ1v) is 8.86. The lowest BCUT2D eigenvalue weighted by atomic mass is 10.2. The monoisotopic (exact) mass is 387 g/mol. The second kappa shape index (κ2) is 9.14. The van der Waals surface area contributed by atoms with Crippen molar-refractivity contribution in [1.82, 2.24) is 19.4 Å². The number of benzene rings is 1. The third kappa shape index (κ3) is 5.27. The molecule has 3 aromatic rings. The van der Waals surface area contributed by atoms with Gasteiger partial charge >= 0.3 is 6.03 Å². The minimum Gasteiger partial charge on any atom is -0.337 e. The zero-order valence-electron chi connectivity index (χ0n) is 14.6. The summed E-state index contributed by atoms with van der Waals surface area (Å²) in [5, 5.41) is 3.08. The smallest absolute Gasteiger partial charge is 0.322 e. The van der Waals surface area contributed by atoms with Crippen molar-refractivity contribution < 1.29 is 9.18 Å². The van der Waals surface area contributed by atoms with Crippen LogP contribution < -0.4 is 5.32 Å². The number of nitrogens with zero attached hydrogens (tertiary/aromatic N) is 4. The van der Waals surface area contributed by atoms with Crippen molar-refractivity contribution in [1.29, 1.82) is 0 Å². The van der Waals surface area contributed by atoms with Gasteiger partial charge in [-0.2, -0.15) is 0 Å². The molecule has 6 nitrogen and oxygen atoms in total. The van der Waals surface area contributed by atoms with Gasteiger partial charge in [-0.05, 0) is 30.7 Å². The summed E-state index contributed by atoms with van der Waals surface area (Å²) in [7, 11) is 0. The van der Waals surface area contributed by atoms with Crippen LogP contribution in [0.3, 0.4) is 0 Å². The Morgan fingerprint density at radius 1 is 1.22 bits per heavy atom. The molecule has 0 saturated carbocycles. The van der Waals surface area contributed by atoms with Gasteiger partial charge in [0, 0.05) is 42.3 Å². The Balaban J connectivity index is 1.71. The Morgan fingerprint density at radius 2 is 2.11 bits per heavy atom. The predicted octanol–water partition coefficient (Wildman–Crippen LogP) is 4.20. The van der Waals surface area contributed by atoms with Gasteiger partial charge in [0.15, 0.2) is 0 Å². The first-order chi connectivity index (χ1) is 13.1. The molecule has 1 N–H and O–H groups in total. The van der Waals surface area contributed by atoms with E-state index in [1.165, 1.54) is 11.0 Å². The fourth-order valence-corrected chi connectivity index (χ4v) is 2.85. The van der Waals surface area contributed by atoms with E-state index in [4.69, 9.17) is 11.6 Å². The summed E-state index contributed by atoms with van der Waals surface area (Å²) in [5.74, 6) is -0.434. The van der Waals surface area contributed by atoms with E-state index in [1.807, 2.05) is 10.8 Å². The first kappa shape index (κ1) is 18.8. The topological polar surface area (TPSA) is 63.1 Å². The Labute approximate surface area is 161 Å². The normalized spacial score (nSPS) is 10.6. The molecule has 2 heterocycles. The summed E-state index contributed by atoms with van der Waals surface area (Å²) in [5.41, 5.74) is 0.866. The van der Waals surface area contributed by atoms with Crippen LogP contribution in [0.2, 0.25) is 5.02 Å². The SMILES string of the molecule is O=C(Nc1cccnc1)N(CCCn1ccnc1)Cc1c(F)cccc1Cl. The number of carbonyl (C=O) groups excluding carboxylic acids is 1. The third-order valence-corrected chi connectivity index (χ3v) is 4.37. The molecule has 0 aliphatic rings. The zero-order chi connectivity index (χ0) is 19.1. The number of urea groups is 1. The van der Waals surface area contributed by atoms with E-state index in [0.717, 1.165) is 0 Å². The van der Waals surface area contributed by atoms with Crippen LogP contribution in [0, 0.1) is 5.82 Å². The molecule has 27 heavy (non-hydrogen) atoms. The lowest BCUT2D eigenvalue weighted by Crippen LogP contribution is -2.36. The number of hydrogen-bond acceptors (Lipinski definition) is 3. The molecular weight excluding hydrogens is 369 g/mol. The standard InChI is InChI=1S/C19H19ClFN5O/c20-17-5-1-6-18(21)16(17)13-26(10-3-9-25-11-8-23-14-25)19(27)24-15-4-2-7-22-12-15/h1-2,4-8,11-12,14H,3,9-10,13H2,(H,24,27). The van der Waals surface area contributed by atoms with E-state index in [9.17, 15) is 9.18 Å². The maximum absolute atomic E-state index is 14.2. The fourth-order valence-electron chi connectivity index (χ4n) is 2.63. The molecule has 1 aromatic carbocycles. The molecule has 140 valence electrons. The van der Waals surface area contributed by atoms with Crippen LogP contribution in [-0.4, -0.2) is 32.0 Å². The molecular formula is C19H19ClFN5O. The lowest BCUT2D eigenvalue weighted by molar-refractivity contribution is 0.206. The third-order valence-electron chi connectivity index (χ3n) is 4.01. The quantitative estimate of drug-likeness (QED) is 0.661. The predicted molar refractivity (Wildman–Crippen MR) is 102 cm³/mol. The highest BCUT2D eigenvalue weighted by atomic mass is 35.5. The number of carbonyl (C=O) groups is 1. The minimum absolute atomic E-state index is 0.0710. The van der Waals surface area contributed by atoms with E-state index in [0.29, 0.717) is 35.8 Å². The largest absolute Gasteiger partial charge is 0.337 e. The van der Waals surface area contributed by atoms with Crippen LogP contribution in [0.25, 0.3) is 0 Å². The van der Waals surface area contributed by atoms with Crippen LogP contribution in [-0.2, 0) is 13.1 Å². The van der Waals surface area contributed by atoms with Gasteiger partial charge in [-0.25, -0.2) is 14.2 Å². The van der Waals surface area contributed by atoms with Crippen LogP contribution in [0.1, 0.15) is 12.0 Å². The molecule has 3 rings (SSSR count). The van der Waals surface area contributed by atoms with Gasteiger partial charge < -0.3 is 14.8 Å². The molecule has 0 aliphatic carbocycles. The molecule has 0 spiro atoms. The average Bonchev–Trinajstić information content (AvgIpc) is 3.17. The Kier molecular flexibility index (Phi) is 6.38. The van der Waals surface area contributed by atoms with E-state index in [2.05, 4.69) is 15.3 Å². The second-order valence-corrected chi connectivity index (χ2v) is 6.35. The maximum atomic E-state index is 14.2. The fraction of sp³-hybridized carbons (Fsp3) is 0.211. The molecule has 8 heteroatoms. The van der Waals surface area contributed by atoms with Crippen molar-refractivity contribution in [2.45, 2.75) is 19.5 Å². The van der Waals surface area contributed by atoms with Crippen LogP contribution >= 0.6 is 11.6 Å². The van der Waals surface area contributed by atoms with Crippen LogP contribution in [0.5, 0.6) is 0 Å². The number of imidazole rings is 1. The van der Waals surface area contributed by atoms with E-state index >= 15 is 0 Å². The molecule has 2 amide bonds.